The molecule has 1 aromatic heterocycles. The van der Waals surface area contributed by atoms with Crippen LogP contribution in [0.25, 0.3) is 10.9 Å². The lowest BCUT2D eigenvalue weighted by Crippen LogP contribution is -2.43. The van der Waals surface area contributed by atoms with Crippen LogP contribution in [0.1, 0.15) is 18.3 Å². The molecule has 1 saturated heterocycles. The highest BCUT2D eigenvalue weighted by atomic mass is 79.9. The fourth-order valence-electron chi connectivity index (χ4n) is 3.59. The largest absolute Gasteiger partial charge is 0.483 e. The van der Waals surface area contributed by atoms with Crippen LogP contribution in [0.4, 0.5) is 5.69 Å². The van der Waals surface area contributed by atoms with Crippen molar-refractivity contribution in [3.05, 3.63) is 72.7 Å². The number of nitrogens with zero attached hydrogens (tertiary/aromatic N) is 5. The summed E-state index contributed by atoms with van der Waals surface area (Å²) in [5.41, 5.74) is 0.237. The van der Waals surface area contributed by atoms with Crippen molar-refractivity contribution in [2.45, 2.75) is 13.3 Å². The number of carbonyl (C=O) groups is 1. The summed E-state index contributed by atoms with van der Waals surface area (Å²) >= 11 is 3.36. The van der Waals surface area contributed by atoms with E-state index in [1.54, 1.807) is 23.1 Å². The zero-order valence-electron chi connectivity index (χ0n) is 18.8. The molecule has 1 amide bonds. The maximum Gasteiger partial charge on any atom is 0.282 e. The molecule has 0 radical (unpaired) electrons. The number of carbonyl (C=O) groups excluding carboxylic acids is 1. The number of hydrogen-bond acceptors (Lipinski definition) is 8. The second-order valence-electron chi connectivity index (χ2n) is 7.67. The first-order chi connectivity index (χ1) is 16.9. The number of benzene rings is 2. The van der Waals surface area contributed by atoms with E-state index in [0.29, 0.717) is 49.5 Å². The summed E-state index contributed by atoms with van der Waals surface area (Å²) in [6, 6.07) is 9.17. The summed E-state index contributed by atoms with van der Waals surface area (Å²) in [4.78, 5) is 42.5. The number of fused-ring (bicyclic) bond motifs is 1. The minimum atomic E-state index is -0.543. The van der Waals surface area contributed by atoms with Crippen LogP contribution in [-0.4, -0.2) is 64.5 Å². The molecule has 1 fully saturated rings. The standard InChI is InChI=1S/C23H22BrN5O6/c1-2-21-26-19-5-3-16(24)12-18(19)23(31)28(21)25-13-15-11-17(29(32)33)4-6-20(15)35-14-22(30)27-7-9-34-10-8-27/h3-6,11-13H,2,7-10,14H2,1H3. The fraction of sp³-hybridized carbons (Fsp3) is 0.304. The summed E-state index contributed by atoms with van der Waals surface area (Å²) in [5, 5.41) is 16.0. The number of aryl methyl sites for hydroxylation is 1. The normalized spacial score (nSPS) is 13.9. The van der Waals surface area contributed by atoms with Gasteiger partial charge < -0.3 is 14.4 Å². The quantitative estimate of drug-likeness (QED) is 0.254. The third kappa shape index (κ3) is 5.54. The van der Waals surface area contributed by atoms with E-state index >= 15 is 0 Å². The molecule has 0 spiro atoms. The van der Waals surface area contributed by atoms with Gasteiger partial charge in [-0.15, -0.1) is 0 Å². The van der Waals surface area contributed by atoms with Crippen molar-refractivity contribution in [1.29, 1.82) is 0 Å². The molecule has 0 aliphatic carbocycles. The molecular weight excluding hydrogens is 522 g/mol. The molecule has 0 saturated carbocycles. The Balaban J connectivity index is 1.67. The van der Waals surface area contributed by atoms with E-state index in [1.807, 2.05) is 6.92 Å². The van der Waals surface area contributed by atoms with E-state index in [0.717, 1.165) is 9.15 Å². The van der Waals surface area contributed by atoms with E-state index in [-0.39, 0.29) is 35.1 Å². The Kier molecular flexibility index (Phi) is 7.51. The molecule has 4 rings (SSSR count). The molecule has 0 N–H and O–H groups in total. The average Bonchev–Trinajstić information content (AvgIpc) is 2.87. The first kappa shape index (κ1) is 24.5. The predicted molar refractivity (Wildman–Crippen MR) is 132 cm³/mol. The maximum absolute atomic E-state index is 13.1. The van der Waals surface area contributed by atoms with Gasteiger partial charge in [-0.05, 0) is 24.3 Å². The number of halogens is 1. The first-order valence-corrected chi connectivity index (χ1v) is 11.7. The van der Waals surface area contributed by atoms with Crippen LogP contribution in [0.2, 0.25) is 0 Å². The number of nitro groups is 1. The van der Waals surface area contributed by atoms with Crippen molar-refractivity contribution < 1.29 is 19.2 Å². The zero-order valence-corrected chi connectivity index (χ0v) is 20.4. The number of amides is 1. The van der Waals surface area contributed by atoms with Gasteiger partial charge in [0.25, 0.3) is 17.2 Å². The van der Waals surface area contributed by atoms with Gasteiger partial charge in [0, 0.05) is 41.7 Å². The third-order valence-electron chi connectivity index (χ3n) is 5.42. The van der Waals surface area contributed by atoms with Crippen molar-refractivity contribution in [2.24, 2.45) is 5.10 Å². The molecule has 2 heterocycles. The summed E-state index contributed by atoms with van der Waals surface area (Å²) in [6.07, 6.45) is 1.73. The molecule has 35 heavy (non-hydrogen) atoms. The van der Waals surface area contributed by atoms with Gasteiger partial charge in [0.2, 0.25) is 0 Å². The number of non-ortho nitro benzene ring substituents is 1. The van der Waals surface area contributed by atoms with Crippen molar-refractivity contribution in [3.63, 3.8) is 0 Å². The molecule has 3 aromatic rings. The van der Waals surface area contributed by atoms with Crippen molar-refractivity contribution in [3.8, 4) is 5.75 Å². The second kappa shape index (κ2) is 10.7. The van der Waals surface area contributed by atoms with Crippen molar-refractivity contribution in [1.82, 2.24) is 14.6 Å². The molecule has 182 valence electrons. The summed E-state index contributed by atoms with van der Waals surface area (Å²) < 4.78 is 12.8. The van der Waals surface area contributed by atoms with E-state index in [9.17, 15) is 19.7 Å². The first-order valence-electron chi connectivity index (χ1n) is 10.9. The number of nitro benzene ring substituents is 1. The Labute approximate surface area is 208 Å². The molecule has 0 atom stereocenters. The lowest BCUT2D eigenvalue weighted by molar-refractivity contribution is -0.384. The number of ether oxygens (including phenoxy) is 2. The predicted octanol–water partition coefficient (Wildman–Crippen LogP) is 2.75. The minimum absolute atomic E-state index is 0.179. The zero-order chi connectivity index (χ0) is 24.9. The molecular formula is C23H22BrN5O6. The van der Waals surface area contributed by atoms with Crippen LogP contribution in [-0.2, 0) is 16.0 Å². The Hall–Kier alpha value is -3.64. The second-order valence-corrected chi connectivity index (χ2v) is 8.58. The SMILES string of the molecule is CCc1nc2ccc(Br)cc2c(=O)n1N=Cc1cc([N+](=O)[O-])ccc1OCC(=O)N1CCOCC1. The topological polar surface area (TPSA) is 129 Å². The minimum Gasteiger partial charge on any atom is -0.483 e. The molecule has 0 bridgehead atoms. The Morgan fingerprint density at radius 1 is 1.29 bits per heavy atom. The van der Waals surface area contributed by atoms with Crippen LogP contribution in [0.5, 0.6) is 5.75 Å². The van der Waals surface area contributed by atoms with Crippen LogP contribution in [0.3, 0.4) is 0 Å². The molecule has 0 unspecified atom stereocenters. The third-order valence-corrected chi connectivity index (χ3v) is 5.92. The van der Waals surface area contributed by atoms with Gasteiger partial charge in [0.1, 0.15) is 11.6 Å². The highest BCUT2D eigenvalue weighted by Gasteiger charge is 2.19. The number of morpholine rings is 1. The Morgan fingerprint density at radius 3 is 2.77 bits per heavy atom. The monoisotopic (exact) mass is 543 g/mol. The highest BCUT2D eigenvalue weighted by molar-refractivity contribution is 9.10. The number of rotatable bonds is 7. The van der Waals surface area contributed by atoms with Gasteiger partial charge in [-0.2, -0.15) is 9.78 Å². The molecule has 11 nitrogen and oxygen atoms in total. The summed E-state index contributed by atoms with van der Waals surface area (Å²) in [5.74, 6) is 0.434. The van der Waals surface area contributed by atoms with E-state index in [1.165, 1.54) is 24.4 Å². The summed E-state index contributed by atoms with van der Waals surface area (Å²) in [7, 11) is 0. The van der Waals surface area contributed by atoms with Gasteiger partial charge >= 0.3 is 0 Å². The van der Waals surface area contributed by atoms with Crippen molar-refractivity contribution in [2.75, 3.05) is 32.9 Å². The highest BCUT2D eigenvalue weighted by Crippen LogP contribution is 2.23. The van der Waals surface area contributed by atoms with Crippen LogP contribution < -0.4 is 10.3 Å². The summed E-state index contributed by atoms with van der Waals surface area (Å²) in [6.45, 7) is 3.48. The van der Waals surface area contributed by atoms with Gasteiger partial charge in [0.15, 0.2) is 6.61 Å². The Morgan fingerprint density at radius 2 is 2.06 bits per heavy atom. The van der Waals surface area contributed by atoms with Crippen LogP contribution in [0, 0.1) is 10.1 Å². The number of aromatic nitrogens is 2. The van der Waals surface area contributed by atoms with Crippen molar-refractivity contribution >= 4 is 44.6 Å². The lowest BCUT2D eigenvalue weighted by atomic mass is 10.2. The van der Waals surface area contributed by atoms with Crippen LogP contribution >= 0.6 is 15.9 Å². The maximum atomic E-state index is 13.1. The molecule has 1 aliphatic heterocycles. The van der Waals surface area contributed by atoms with Gasteiger partial charge in [-0.1, -0.05) is 22.9 Å². The smallest absolute Gasteiger partial charge is 0.282 e. The fourth-order valence-corrected chi connectivity index (χ4v) is 3.95. The average molecular weight is 544 g/mol. The van der Waals surface area contributed by atoms with E-state index in [4.69, 9.17) is 9.47 Å². The molecule has 12 heteroatoms. The van der Waals surface area contributed by atoms with Gasteiger partial charge in [0.05, 0.1) is 35.3 Å². The number of hydrogen-bond donors (Lipinski definition) is 0. The molecule has 1 aliphatic rings. The van der Waals surface area contributed by atoms with E-state index in [2.05, 4.69) is 26.0 Å². The van der Waals surface area contributed by atoms with Gasteiger partial charge in [-0.3, -0.25) is 19.7 Å². The Bertz CT molecular complexity index is 1370. The van der Waals surface area contributed by atoms with E-state index < -0.39 is 4.92 Å². The van der Waals surface area contributed by atoms with Gasteiger partial charge in [-0.25, -0.2) is 4.98 Å². The lowest BCUT2D eigenvalue weighted by Gasteiger charge is -2.26. The van der Waals surface area contributed by atoms with Crippen LogP contribution in [0.15, 0.2) is 50.8 Å². The molecule has 2 aromatic carbocycles.